The van der Waals surface area contributed by atoms with E-state index in [-0.39, 0.29) is 25.0 Å². The molecule has 1 aliphatic rings. The van der Waals surface area contributed by atoms with E-state index < -0.39 is 5.97 Å². The average Bonchev–Trinajstić information content (AvgIpc) is 2.46. The van der Waals surface area contributed by atoms with Gasteiger partial charge in [-0.25, -0.2) is 0 Å². The third-order valence-electron chi connectivity index (χ3n) is 3.52. The van der Waals surface area contributed by atoms with Crippen molar-refractivity contribution in [2.24, 2.45) is 0 Å². The van der Waals surface area contributed by atoms with Crippen LogP contribution in [0.3, 0.4) is 0 Å². The maximum Gasteiger partial charge on any atom is 0.322 e. The predicted octanol–water partition coefficient (Wildman–Crippen LogP) is 1.37. The molecule has 21 heavy (non-hydrogen) atoms. The molecule has 0 aliphatic carbocycles. The SMILES string of the molecule is CC1SCCN(CC(=O)NCC(=O)O)C1c1ccccc1. The number of hydrogen-bond donors (Lipinski definition) is 2. The Hall–Kier alpha value is -1.53. The van der Waals surface area contributed by atoms with Gasteiger partial charge in [0, 0.05) is 23.6 Å². The van der Waals surface area contributed by atoms with Gasteiger partial charge < -0.3 is 10.4 Å². The zero-order chi connectivity index (χ0) is 15.2. The summed E-state index contributed by atoms with van der Waals surface area (Å²) < 4.78 is 0. The lowest BCUT2D eigenvalue weighted by Gasteiger charge is -2.39. The van der Waals surface area contributed by atoms with Crippen molar-refractivity contribution >= 4 is 23.6 Å². The van der Waals surface area contributed by atoms with Crippen molar-refractivity contribution in [3.05, 3.63) is 35.9 Å². The highest BCUT2D eigenvalue weighted by Crippen LogP contribution is 2.35. The van der Waals surface area contributed by atoms with Crippen LogP contribution >= 0.6 is 11.8 Å². The molecule has 5 nitrogen and oxygen atoms in total. The van der Waals surface area contributed by atoms with Crippen molar-refractivity contribution in [1.29, 1.82) is 0 Å². The Morgan fingerprint density at radius 2 is 2.10 bits per heavy atom. The first kappa shape index (κ1) is 15.9. The van der Waals surface area contributed by atoms with Gasteiger partial charge in [0.1, 0.15) is 6.54 Å². The summed E-state index contributed by atoms with van der Waals surface area (Å²) >= 11 is 1.90. The highest BCUT2D eigenvalue weighted by Gasteiger charge is 2.31. The van der Waals surface area contributed by atoms with Gasteiger partial charge in [-0.05, 0) is 5.56 Å². The van der Waals surface area contributed by atoms with Gasteiger partial charge in [0.05, 0.1) is 6.54 Å². The Balaban J connectivity index is 2.05. The summed E-state index contributed by atoms with van der Waals surface area (Å²) in [4.78, 5) is 24.5. The number of carboxylic acid groups (broad SMARTS) is 1. The highest BCUT2D eigenvalue weighted by molar-refractivity contribution is 8.00. The molecule has 0 spiro atoms. The topological polar surface area (TPSA) is 69.6 Å². The molecule has 1 saturated heterocycles. The second-order valence-corrected chi connectivity index (χ2v) is 6.56. The van der Waals surface area contributed by atoms with Crippen molar-refractivity contribution in [1.82, 2.24) is 10.2 Å². The maximum absolute atomic E-state index is 11.9. The van der Waals surface area contributed by atoms with E-state index in [1.807, 2.05) is 30.0 Å². The fourth-order valence-corrected chi connectivity index (χ4v) is 3.83. The van der Waals surface area contributed by atoms with Crippen LogP contribution in [0.5, 0.6) is 0 Å². The normalized spacial score (nSPS) is 22.7. The van der Waals surface area contributed by atoms with Gasteiger partial charge in [0.15, 0.2) is 0 Å². The van der Waals surface area contributed by atoms with Gasteiger partial charge in [-0.3, -0.25) is 14.5 Å². The number of carbonyl (C=O) groups is 2. The first-order valence-electron chi connectivity index (χ1n) is 6.97. The van der Waals surface area contributed by atoms with Gasteiger partial charge in [-0.2, -0.15) is 11.8 Å². The van der Waals surface area contributed by atoms with Gasteiger partial charge in [-0.1, -0.05) is 37.3 Å². The van der Waals surface area contributed by atoms with Gasteiger partial charge >= 0.3 is 5.97 Å². The quantitative estimate of drug-likeness (QED) is 0.860. The fraction of sp³-hybridized carbons (Fsp3) is 0.467. The van der Waals surface area contributed by atoms with E-state index >= 15 is 0 Å². The minimum atomic E-state index is -1.02. The zero-order valence-corrected chi connectivity index (χ0v) is 12.8. The third-order valence-corrected chi connectivity index (χ3v) is 4.72. The summed E-state index contributed by atoms with van der Waals surface area (Å²) in [5, 5.41) is 11.4. The smallest absolute Gasteiger partial charge is 0.322 e. The van der Waals surface area contributed by atoms with Crippen LogP contribution in [0.4, 0.5) is 0 Å². The minimum absolute atomic E-state index is 0.181. The Bertz CT molecular complexity index is 495. The third kappa shape index (κ3) is 4.47. The van der Waals surface area contributed by atoms with Crippen molar-refractivity contribution in [2.45, 2.75) is 18.2 Å². The molecule has 1 heterocycles. The molecule has 0 bridgehead atoms. The van der Waals surface area contributed by atoms with Crippen molar-refractivity contribution in [3.63, 3.8) is 0 Å². The van der Waals surface area contributed by atoms with E-state index in [1.54, 1.807) is 0 Å². The van der Waals surface area contributed by atoms with Crippen LogP contribution < -0.4 is 5.32 Å². The Kier molecular flexibility index (Phi) is 5.64. The van der Waals surface area contributed by atoms with Gasteiger partial charge in [0.25, 0.3) is 0 Å². The van der Waals surface area contributed by atoms with Gasteiger partial charge in [0.2, 0.25) is 5.91 Å². The molecule has 114 valence electrons. The van der Waals surface area contributed by atoms with Gasteiger partial charge in [-0.15, -0.1) is 0 Å². The Labute approximate surface area is 128 Å². The molecule has 2 unspecified atom stereocenters. The number of thioether (sulfide) groups is 1. The maximum atomic E-state index is 11.9. The standard InChI is InChI=1S/C15H20N2O3S/c1-11-15(12-5-3-2-4-6-12)17(7-8-21-11)10-13(18)16-9-14(19)20/h2-6,11,15H,7-10H2,1H3,(H,16,18)(H,19,20). The molecule has 2 rings (SSSR count). The molecule has 1 amide bonds. The summed E-state index contributed by atoms with van der Waals surface area (Å²) in [6.07, 6.45) is 0. The first-order chi connectivity index (χ1) is 10.1. The molecule has 1 aromatic carbocycles. The number of carbonyl (C=O) groups excluding carboxylic acids is 1. The van der Waals surface area contributed by atoms with E-state index in [0.29, 0.717) is 5.25 Å². The van der Waals surface area contributed by atoms with Crippen molar-refractivity contribution in [3.8, 4) is 0 Å². The number of benzene rings is 1. The first-order valence-corrected chi connectivity index (χ1v) is 8.02. The lowest BCUT2D eigenvalue weighted by Crippen LogP contribution is -2.46. The van der Waals surface area contributed by atoms with E-state index in [0.717, 1.165) is 12.3 Å². The number of carboxylic acids is 1. The molecule has 1 aromatic rings. The van der Waals surface area contributed by atoms with E-state index in [9.17, 15) is 9.59 Å². The number of amides is 1. The summed E-state index contributed by atoms with van der Waals surface area (Å²) in [5.41, 5.74) is 1.20. The highest BCUT2D eigenvalue weighted by atomic mass is 32.2. The van der Waals surface area contributed by atoms with Crippen LogP contribution in [-0.4, -0.2) is 52.5 Å². The molecule has 0 aromatic heterocycles. The van der Waals surface area contributed by atoms with Crippen LogP contribution in [0.25, 0.3) is 0 Å². The number of nitrogens with zero attached hydrogens (tertiary/aromatic N) is 1. The minimum Gasteiger partial charge on any atom is -0.480 e. The molecule has 0 radical (unpaired) electrons. The lowest BCUT2D eigenvalue weighted by molar-refractivity contribution is -0.138. The van der Waals surface area contributed by atoms with Crippen LogP contribution in [0, 0.1) is 0 Å². The average molecular weight is 308 g/mol. The van der Waals surface area contributed by atoms with E-state index in [4.69, 9.17) is 5.11 Å². The largest absolute Gasteiger partial charge is 0.480 e. The van der Waals surface area contributed by atoms with Crippen molar-refractivity contribution < 1.29 is 14.7 Å². The molecule has 1 aliphatic heterocycles. The van der Waals surface area contributed by atoms with Crippen LogP contribution in [0.2, 0.25) is 0 Å². The molecule has 2 atom stereocenters. The second kappa shape index (κ2) is 7.47. The predicted molar refractivity (Wildman–Crippen MR) is 83.3 cm³/mol. The summed E-state index contributed by atoms with van der Waals surface area (Å²) in [6, 6.07) is 10.3. The molecule has 1 fully saturated rings. The molecule has 0 saturated carbocycles. The van der Waals surface area contributed by atoms with Crippen molar-refractivity contribution in [2.75, 3.05) is 25.4 Å². The summed E-state index contributed by atoms with van der Waals surface area (Å²) in [5.74, 6) is -0.278. The van der Waals surface area contributed by atoms with Crippen LogP contribution in [-0.2, 0) is 9.59 Å². The Morgan fingerprint density at radius 3 is 2.76 bits per heavy atom. The lowest BCUT2D eigenvalue weighted by atomic mass is 10.0. The number of hydrogen-bond acceptors (Lipinski definition) is 4. The number of aliphatic carboxylic acids is 1. The molecular weight excluding hydrogens is 288 g/mol. The second-order valence-electron chi connectivity index (χ2n) is 5.07. The van der Waals surface area contributed by atoms with Crippen LogP contribution in [0.15, 0.2) is 30.3 Å². The Morgan fingerprint density at radius 1 is 1.38 bits per heavy atom. The van der Waals surface area contributed by atoms with E-state index in [2.05, 4.69) is 29.3 Å². The summed E-state index contributed by atoms with van der Waals surface area (Å²) in [6.45, 7) is 2.91. The zero-order valence-electron chi connectivity index (χ0n) is 12.0. The number of nitrogens with one attached hydrogen (secondary N) is 1. The fourth-order valence-electron chi connectivity index (χ4n) is 2.61. The molecule has 2 N–H and O–H groups in total. The summed E-state index contributed by atoms with van der Waals surface area (Å²) in [7, 11) is 0. The molecular formula is C15H20N2O3S. The molecule has 6 heteroatoms. The van der Waals surface area contributed by atoms with Crippen LogP contribution in [0.1, 0.15) is 18.5 Å². The number of rotatable bonds is 5. The van der Waals surface area contributed by atoms with E-state index in [1.165, 1.54) is 5.56 Å². The monoisotopic (exact) mass is 308 g/mol.